The summed E-state index contributed by atoms with van der Waals surface area (Å²) < 4.78 is 10.8. The second kappa shape index (κ2) is 7.84. The number of nitrogens with two attached hydrogens (primary N) is 1. The third kappa shape index (κ3) is 4.23. The molecule has 1 aliphatic rings. The van der Waals surface area contributed by atoms with Crippen LogP contribution < -0.4 is 15.4 Å². The minimum atomic E-state index is 0.109. The molecule has 1 aromatic carbocycles. The first-order chi connectivity index (χ1) is 10.2. The predicted octanol–water partition coefficient (Wildman–Crippen LogP) is 1.44. The SMILES string of the molecule is COc1ccc(Cl)cc1N1CCN(CC(CN)OC)CC1. The molecule has 1 aliphatic heterocycles. The zero-order valence-electron chi connectivity index (χ0n) is 12.7. The van der Waals surface area contributed by atoms with Gasteiger partial charge in [0.05, 0.1) is 18.9 Å². The Kier molecular flexibility index (Phi) is 6.11. The van der Waals surface area contributed by atoms with Crippen molar-refractivity contribution in [3.63, 3.8) is 0 Å². The summed E-state index contributed by atoms with van der Waals surface area (Å²) in [6.07, 6.45) is 0.109. The Morgan fingerprint density at radius 2 is 1.95 bits per heavy atom. The van der Waals surface area contributed by atoms with Gasteiger partial charge in [-0.2, -0.15) is 0 Å². The number of piperazine rings is 1. The summed E-state index contributed by atoms with van der Waals surface area (Å²) in [5, 5.41) is 0.732. The van der Waals surface area contributed by atoms with Gasteiger partial charge in [0.25, 0.3) is 0 Å². The van der Waals surface area contributed by atoms with Gasteiger partial charge in [0.2, 0.25) is 0 Å². The predicted molar refractivity (Wildman–Crippen MR) is 86.5 cm³/mol. The molecule has 118 valence electrons. The van der Waals surface area contributed by atoms with Crippen LogP contribution in [0.1, 0.15) is 0 Å². The van der Waals surface area contributed by atoms with E-state index in [-0.39, 0.29) is 6.10 Å². The molecule has 1 aromatic rings. The summed E-state index contributed by atoms with van der Waals surface area (Å²) in [6, 6.07) is 5.73. The highest BCUT2D eigenvalue weighted by molar-refractivity contribution is 6.30. The topological polar surface area (TPSA) is 51.0 Å². The molecule has 0 amide bonds. The van der Waals surface area contributed by atoms with E-state index in [1.54, 1.807) is 14.2 Å². The van der Waals surface area contributed by atoms with E-state index in [9.17, 15) is 0 Å². The Hall–Kier alpha value is -1.01. The Labute approximate surface area is 131 Å². The molecule has 0 spiro atoms. The molecule has 0 radical (unpaired) electrons. The Morgan fingerprint density at radius 3 is 2.52 bits per heavy atom. The van der Waals surface area contributed by atoms with E-state index in [0.29, 0.717) is 6.54 Å². The van der Waals surface area contributed by atoms with Crippen LogP contribution in [0, 0.1) is 0 Å². The Bertz CT molecular complexity index is 447. The summed E-state index contributed by atoms with van der Waals surface area (Å²) >= 11 is 6.11. The first-order valence-corrected chi connectivity index (χ1v) is 7.59. The third-order valence-corrected chi connectivity index (χ3v) is 4.15. The van der Waals surface area contributed by atoms with E-state index in [2.05, 4.69) is 9.80 Å². The Morgan fingerprint density at radius 1 is 1.24 bits per heavy atom. The fourth-order valence-corrected chi connectivity index (χ4v) is 2.78. The van der Waals surface area contributed by atoms with Gasteiger partial charge in [-0.05, 0) is 18.2 Å². The van der Waals surface area contributed by atoms with Crippen molar-refractivity contribution in [2.45, 2.75) is 6.10 Å². The molecule has 0 bridgehead atoms. The zero-order chi connectivity index (χ0) is 15.2. The van der Waals surface area contributed by atoms with Gasteiger partial charge in [0.15, 0.2) is 0 Å². The highest BCUT2D eigenvalue weighted by Crippen LogP contribution is 2.31. The van der Waals surface area contributed by atoms with Crippen LogP contribution in [-0.2, 0) is 4.74 Å². The van der Waals surface area contributed by atoms with Gasteiger partial charge in [0, 0.05) is 51.4 Å². The number of anilines is 1. The zero-order valence-corrected chi connectivity index (χ0v) is 13.5. The minimum absolute atomic E-state index is 0.109. The van der Waals surface area contributed by atoms with Crippen LogP contribution in [0.2, 0.25) is 5.02 Å². The van der Waals surface area contributed by atoms with Gasteiger partial charge in [-0.15, -0.1) is 0 Å². The van der Waals surface area contributed by atoms with Crippen LogP contribution in [0.5, 0.6) is 5.75 Å². The average molecular weight is 314 g/mol. The fraction of sp³-hybridized carbons (Fsp3) is 0.600. The van der Waals surface area contributed by atoms with Gasteiger partial charge in [0.1, 0.15) is 5.75 Å². The second-order valence-corrected chi connectivity index (χ2v) is 5.63. The first-order valence-electron chi connectivity index (χ1n) is 7.21. The molecule has 0 aliphatic carbocycles. The Balaban J connectivity index is 1.96. The lowest BCUT2D eigenvalue weighted by molar-refractivity contribution is 0.0679. The van der Waals surface area contributed by atoms with Crippen LogP contribution in [0.3, 0.4) is 0 Å². The van der Waals surface area contributed by atoms with Crippen molar-refractivity contribution in [2.75, 3.05) is 58.4 Å². The molecule has 1 saturated heterocycles. The molecule has 1 atom stereocenters. The van der Waals surface area contributed by atoms with E-state index in [0.717, 1.165) is 49.2 Å². The van der Waals surface area contributed by atoms with Gasteiger partial charge in [-0.1, -0.05) is 11.6 Å². The number of rotatable bonds is 6. The minimum Gasteiger partial charge on any atom is -0.495 e. The van der Waals surface area contributed by atoms with E-state index >= 15 is 0 Å². The van der Waals surface area contributed by atoms with Crippen molar-refractivity contribution in [2.24, 2.45) is 5.73 Å². The molecule has 1 unspecified atom stereocenters. The van der Waals surface area contributed by atoms with Gasteiger partial charge < -0.3 is 20.1 Å². The van der Waals surface area contributed by atoms with Gasteiger partial charge in [-0.3, -0.25) is 4.90 Å². The molecule has 6 heteroatoms. The maximum atomic E-state index is 6.11. The van der Waals surface area contributed by atoms with Crippen molar-refractivity contribution in [1.29, 1.82) is 0 Å². The van der Waals surface area contributed by atoms with Crippen LogP contribution in [0.25, 0.3) is 0 Å². The number of halogens is 1. The van der Waals surface area contributed by atoms with Crippen molar-refractivity contribution < 1.29 is 9.47 Å². The summed E-state index contributed by atoms with van der Waals surface area (Å²) in [4.78, 5) is 4.69. The highest BCUT2D eigenvalue weighted by Gasteiger charge is 2.21. The monoisotopic (exact) mass is 313 g/mol. The van der Waals surface area contributed by atoms with E-state index in [4.69, 9.17) is 26.8 Å². The number of hydrogen-bond acceptors (Lipinski definition) is 5. The van der Waals surface area contributed by atoms with Crippen LogP contribution in [-0.4, -0.2) is 64.5 Å². The van der Waals surface area contributed by atoms with Crippen molar-refractivity contribution in [3.05, 3.63) is 23.2 Å². The lowest BCUT2D eigenvalue weighted by atomic mass is 10.2. The van der Waals surface area contributed by atoms with Crippen molar-refractivity contribution >= 4 is 17.3 Å². The molecular weight excluding hydrogens is 290 g/mol. The molecule has 1 heterocycles. The second-order valence-electron chi connectivity index (χ2n) is 5.20. The normalized spacial score (nSPS) is 17.8. The van der Waals surface area contributed by atoms with E-state index < -0.39 is 0 Å². The lowest BCUT2D eigenvalue weighted by Crippen LogP contribution is -2.49. The fourth-order valence-electron chi connectivity index (χ4n) is 2.61. The first kappa shape index (κ1) is 16.4. The van der Waals surface area contributed by atoms with Gasteiger partial charge in [-0.25, -0.2) is 0 Å². The highest BCUT2D eigenvalue weighted by atomic mass is 35.5. The van der Waals surface area contributed by atoms with Crippen molar-refractivity contribution in [3.8, 4) is 5.75 Å². The smallest absolute Gasteiger partial charge is 0.142 e. The number of nitrogens with zero attached hydrogens (tertiary/aromatic N) is 2. The number of methoxy groups -OCH3 is 2. The van der Waals surface area contributed by atoms with Crippen molar-refractivity contribution in [1.82, 2.24) is 4.90 Å². The summed E-state index contributed by atoms with van der Waals surface area (Å²) in [5.74, 6) is 0.865. The summed E-state index contributed by atoms with van der Waals surface area (Å²) in [7, 11) is 3.40. The van der Waals surface area contributed by atoms with E-state index in [1.165, 1.54) is 0 Å². The van der Waals surface area contributed by atoms with Crippen LogP contribution >= 0.6 is 11.6 Å². The van der Waals surface area contributed by atoms with Crippen LogP contribution in [0.4, 0.5) is 5.69 Å². The average Bonchev–Trinajstić information content (AvgIpc) is 2.53. The lowest BCUT2D eigenvalue weighted by Gasteiger charge is -2.37. The maximum Gasteiger partial charge on any atom is 0.142 e. The quantitative estimate of drug-likeness (QED) is 0.861. The number of hydrogen-bond donors (Lipinski definition) is 1. The summed E-state index contributed by atoms with van der Waals surface area (Å²) in [6.45, 7) is 5.28. The molecule has 0 aromatic heterocycles. The molecular formula is C15H24ClN3O2. The molecule has 0 saturated carbocycles. The van der Waals surface area contributed by atoms with Gasteiger partial charge >= 0.3 is 0 Å². The molecule has 21 heavy (non-hydrogen) atoms. The molecule has 1 fully saturated rings. The largest absolute Gasteiger partial charge is 0.495 e. The third-order valence-electron chi connectivity index (χ3n) is 3.91. The number of ether oxygens (including phenoxy) is 2. The molecule has 2 rings (SSSR count). The van der Waals surface area contributed by atoms with E-state index in [1.807, 2.05) is 18.2 Å². The summed E-state index contributed by atoms with van der Waals surface area (Å²) in [5.41, 5.74) is 6.74. The maximum absolute atomic E-state index is 6.11. The van der Waals surface area contributed by atoms with Crippen LogP contribution in [0.15, 0.2) is 18.2 Å². The molecule has 5 nitrogen and oxygen atoms in total. The standard InChI is InChI=1S/C15H24ClN3O2/c1-20-13(10-17)11-18-5-7-19(8-6-18)14-9-12(16)3-4-15(14)21-2/h3-4,9,13H,5-8,10-11,17H2,1-2H3. The number of benzene rings is 1. The molecule has 2 N–H and O–H groups in total.